The van der Waals surface area contributed by atoms with Crippen molar-refractivity contribution in [2.75, 3.05) is 13.2 Å². The van der Waals surface area contributed by atoms with Crippen molar-refractivity contribution in [2.45, 2.75) is 76.9 Å². The van der Waals surface area contributed by atoms with Crippen LogP contribution in [0.5, 0.6) is 0 Å². The summed E-state index contributed by atoms with van der Waals surface area (Å²) >= 11 is 0. The number of ether oxygens (including phenoxy) is 2. The first-order valence-corrected chi connectivity index (χ1v) is 10.1. The van der Waals surface area contributed by atoms with E-state index in [2.05, 4.69) is 0 Å². The quantitative estimate of drug-likeness (QED) is 0.264. The second kappa shape index (κ2) is 13.2. The van der Waals surface area contributed by atoms with E-state index in [1.54, 1.807) is 0 Å². The van der Waals surface area contributed by atoms with E-state index in [0.717, 1.165) is 38.5 Å². The lowest BCUT2D eigenvalue weighted by molar-refractivity contribution is -0.150. The summed E-state index contributed by atoms with van der Waals surface area (Å²) in [7, 11) is -4.97. The van der Waals surface area contributed by atoms with Crippen LogP contribution in [0, 0.1) is 0 Å². The Labute approximate surface area is 144 Å². The van der Waals surface area contributed by atoms with Gasteiger partial charge in [-0.2, -0.15) is 0 Å². The standard InChI is InChI=1S/C16H30O7S/c1-3-5-7-9-11-22-15(17)13-14(24(19,20)21)16(18)23-12-10-8-6-4-2/h14H,3-13H2,1-2H3,(H,19,20,21)/p-1. The molecule has 1 unspecified atom stereocenters. The number of esters is 2. The molecule has 0 rings (SSSR count). The van der Waals surface area contributed by atoms with Gasteiger partial charge in [-0.05, 0) is 12.8 Å². The summed E-state index contributed by atoms with van der Waals surface area (Å²) in [6.07, 6.45) is 6.23. The van der Waals surface area contributed by atoms with E-state index in [9.17, 15) is 22.6 Å². The van der Waals surface area contributed by atoms with Crippen LogP contribution in [0.25, 0.3) is 0 Å². The topological polar surface area (TPSA) is 110 Å². The maximum absolute atomic E-state index is 11.8. The molecule has 0 aromatic heterocycles. The van der Waals surface area contributed by atoms with Crippen LogP contribution in [0.3, 0.4) is 0 Å². The second-order valence-corrected chi connectivity index (χ2v) is 7.25. The molecular formula is C16H29O7S-. The fourth-order valence-corrected chi connectivity index (χ4v) is 2.67. The van der Waals surface area contributed by atoms with Gasteiger partial charge in [-0.15, -0.1) is 0 Å². The Bertz CT molecular complexity index is 459. The first-order valence-electron chi connectivity index (χ1n) is 8.59. The second-order valence-electron chi connectivity index (χ2n) is 5.69. The van der Waals surface area contributed by atoms with Crippen LogP contribution in [-0.4, -0.2) is 43.4 Å². The van der Waals surface area contributed by atoms with Crippen LogP contribution in [0.1, 0.15) is 71.6 Å². The van der Waals surface area contributed by atoms with Crippen LogP contribution >= 0.6 is 0 Å². The van der Waals surface area contributed by atoms with E-state index in [1.165, 1.54) is 0 Å². The predicted octanol–water partition coefficient (Wildman–Crippen LogP) is 2.54. The number of unbranched alkanes of at least 4 members (excludes halogenated alkanes) is 6. The molecule has 0 aromatic carbocycles. The Morgan fingerprint density at radius 3 is 1.83 bits per heavy atom. The zero-order valence-corrected chi connectivity index (χ0v) is 15.4. The number of hydrogen-bond acceptors (Lipinski definition) is 7. The minimum Gasteiger partial charge on any atom is -0.747 e. The molecule has 24 heavy (non-hydrogen) atoms. The van der Waals surface area contributed by atoms with E-state index in [0.29, 0.717) is 12.8 Å². The fourth-order valence-electron chi connectivity index (χ4n) is 2.02. The molecule has 0 spiro atoms. The highest BCUT2D eigenvalue weighted by Crippen LogP contribution is 2.10. The average molecular weight is 365 g/mol. The summed E-state index contributed by atoms with van der Waals surface area (Å²) in [5, 5.41) is -2.04. The van der Waals surface area contributed by atoms with E-state index in [4.69, 9.17) is 9.47 Å². The van der Waals surface area contributed by atoms with Gasteiger partial charge in [0.15, 0.2) is 5.25 Å². The highest BCUT2D eigenvalue weighted by Gasteiger charge is 2.30. The summed E-state index contributed by atoms with van der Waals surface area (Å²) in [6, 6.07) is 0. The van der Waals surface area contributed by atoms with Crippen LogP contribution in [0.15, 0.2) is 0 Å². The molecule has 0 aliphatic rings. The molecule has 0 amide bonds. The Morgan fingerprint density at radius 2 is 1.38 bits per heavy atom. The molecule has 0 aliphatic carbocycles. The van der Waals surface area contributed by atoms with Crippen molar-refractivity contribution in [1.29, 1.82) is 0 Å². The lowest BCUT2D eigenvalue weighted by Crippen LogP contribution is -2.34. The van der Waals surface area contributed by atoms with Gasteiger partial charge in [-0.1, -0.05) is 52.4 Å². The molecule has 7 nitrogen and oxygen atoms in total. The van der Waals surface area contributed by atoms with Gasteiger partial charge in [0.2, 0.25) is 0 Å². The van der Waals surface area contributed by atoms with Crippen LogP contribution < -0.4 is 0 Å². The van der Waals surface area contributed by atoms with Crippen molar-refractivity contribution < 1.29 is 32.0 Å². The molecule has 0 saturated carbocycles. The largest absolute Gasteiger partial charge is 0.747 e. The van der Waals surface area contributed by atoms with Crippen molar-refractivity contribution in [1.82, 2.24) is 0 Å². The molecule has 0 N–H and O–H groups in total. The number of rotatable bonds is 14. The third-order valence-corrected chi connectivity index (χ3v) is 4.52. The Morgan fingerprint density at radius 1 is 0.875 bits per heavy atom. The van der Waals surface area contributed by atoms with Gasteiger partial charge in [0, 0.05) is 0 Å². The van der Waals surface area contributed by atoms with Crippen molar-refractivity contribution in [3.8, 4) is 0 Å². The Hall–Kier alpha value is -1.15. The molecule has 1 atom stereocenters. The Balaban J connectivity index is 4.31. The van der Waals surface area contributed by atoms with Gasteiger partial charge in [0.05, 0.1) is 19.6 Å². The van der Waals surface area contributed by atoms with Gasteiger partial charge in [0.1, 0.15) is 10.1 Å². The average Bonchev–Trinajstić information content (AvgIpc) is 2.51. The third kappa shape index (κ3) is 11.4. The summed E-state index contributed by atoms with van der Waals surface area (Å²) in [5.74, 6) is -2.05. The molecule has 0 bridgehead atoms. The van der Waals surface area contributed by atoms with Gasteiger partial charge in [0.25, 0.3) is 0 Å². The lowest BCUT2D eigenvalue weighted by Gasteiger charge is -2.18. The SMILES string of the molecule is CCCCCCOC(=O)CC(C(=O)OCCCCCC)S(=O)(=O)[O-]. The van der Waals surface area contributed by atoms with Crippen molar-refractivity contribution >= 4 is 22.1 Å². The van der Waals surface area contributed by atoms with Crippen LogP contribution in [0.4, 0.5) is 0 Å². The third-order valence-electron chi connectivity index (χ3n) is 3.47. The number of carbonyl (C=O) groups is 2. The fraction of sp³-hybridized carbons (Fsp3) is 0.875. The minimum absolute atomic E-state index is 0.0386. The number of carbonyl (C=O) groups excluding carboxylic acids is 2. The van der Waals surface area contributed by atoms with Crippen LogP contribution in [-0.2, 0) is 29.2 Å². The first-order chi connectivity index (χ1) is 11.3. The van der Waals surface area contributed by atoms with Crippen molar-refractivity contribution in [2.24, 2.45) is 0 Å². The maximum atomic E-state index is 11.8. The van der Waals surface area contributed by atoms with E-state index >= 15 is 0 Å². The zero-order valence-electron chi connectivity index (χ0n) is 14.6. The summed E-state index contributed by atoms with van der Waals surface area (Å²) < 4.78 is 43.3. The molecule has 0 fully saturated rings. The Kier molecular flexibility index (Phi) is 12.5. The van der Waals surface area contributed by atoms with Gasteiger partial charge in [-0.25, -0.2) is 8.42 Å². The zero-order chi connectivity index (χ0) is 18.4. The summed E-state index contributed by atoms with van der Waals surface area (Å²) in [5.41, 5.74) is 0. The minimum atomic E-state index is -4.97. The molecule has 142 valence electrons. The predicted molar refractivity (Wildman–Crippen MR) is 88.3 cm³/mol. The summed E-state index contributed by atoms with van der Waals surface area (Å²) in [6.45, 7) is 4.26. The summed E-state index contributed by atoms with van der Waals surface area (Å²) in [4.78, 5) is 23.4. The maximum Gasteiger partial charge on any atom is 0.323 e. The highest BCUT2D eigenvalue weighted by molar-refractivity contribution is 7.87. The smallest absolute Gasteiger partial charge is 0.323 e. The molecule has 0 aliphatic heterocycles. The molecule has 8 heteroatoms. The van der Waals surface area contributed by atoms with Crippen molar-refractivity contribution in [3.63, 3.8) is 0 Å². The lowest BCUT2D eigenvalue weighted by atomic mass is 10.2. The molecule has 0 radical (unpaired) electrons. The monoisotopic (exact) mass is 365 g/mol. The molecule has 0 saturated heterocycles. The highest BCUT2D eigenvalue weighted by atomic mass is 32.2. The molecule has 0 aromatic rings. The van der Waals surface area contributed by atoms with E-state index < -0.39 is 33.7 Å². The molecular weight excluding hydrogens is 336 g/mol. The first kappa shape index (κ1) is 22.9. The van der Waals surface area contributed by atoms with Gasteiger partial charge < -0.3 is 14.0 Å². The van der Waals surface area contributed by atoms with E-state index in [1.807, 2.05) is 13.8 Å². The van der Waals surface area contributed by atoms with Crippen LogP contribution in [0.2, 0.25) is 0 Å². The normalized spacial score (nSPS) is 12.6. The van der Waals surface area contributed by atoms with Gasteiger partial charge in [-0.3, -0.25) is 9.59 Å². The number of hydrogen-bond donors (Lipinski definition) is 0. The van der Waals surface area contributed by atoms with Crippen molar-refractivity contribution in [3.05, 3.63) is 0 Å². The van der Waals surface area contributed by atoms with Gasteiger partial charge >= 0.3 is 11.9 Å². The molecule has 0 heterocycles. The van der Waals surface area contributed by atoms with E-state index in [-0.39, 0.29) is 13.2 Å².